The Bertz CT molecular complexity index is 862. The highest BCUT2D eigenvalue weighted by Gasteiger charge is 2.31. The standard InChI is InChI=1S/C15H18Cl2N4O2S2/c1-10(2)14-18-19-15(24-14)20-6-8-21(9-7-20)25(22,23)12-5-3-4-11(16)13(12)17/h3-5,10H,6-9H2,1-2H3. The van der Waals surface area contributed by atoms with Gasteiger partial charge in [-0.3, -0.25) is 0 Å². The maximum atomic E-state index is 12.8. The molecule has 1 aromatic heterocycles. The first-order valence-electron chi connectivity index (χ1n) is 7.83. The van der Waals surface area contributed by atoms with E-state index in [1.54, 1.807) is 23.5 Å². The fourth-order valence-corrected chi connectivity index (χ4v) is 5.59. The first-order chi connectivity index (χ1) is 11.8. The van der Waals surface area contributed by atoms with Gasteiger partial charge in [0.2, 0.25) is 15.2 Å². The van der Waals surface area contributed by atoms with Crippen LogP contribution in [-0.2, 0) is 10.0 Å². The van der Waals surface area contributed by atoms with E-state index in [9.17, 15) is 8.42 Å². The van der Waals surface area contributed by atoms with Gasteiger partial charge in [-0.05, 0) is 12.1 Å². The molecule has 2 heterocycles. The fraction of sp³-hybridized carbons (Fsp3) is 0.467. The Balaban J connectivity index is 1.74. The third-order valence-corrected chi connectivity index (χ3v) is 8.12. The molecule has 0 bridgehead atoms. The van der Waals surface area contributed by atoms with Crippen molar-refractivity contribution in [2.45, 2.75) is 24.7 Å². The number of aromatic nitrogens is 2. The molecule has 0 radical (unpaired) electrons. The highest BCUT2D eigenvalue weighted by Crippen LogP contribution is 2.32. The largest absolute Gasteiger partial charge is 0.344 e. The lowest BCUT2D eigenvalue weighted by Crippen LogP contribution is -2.48. The lowest BCUT2D eigenvalue weighted by molar-refractivity contribution is 0.384. The van der Waals surface area contributed by atoms with E-state index in [1.165, 1.54) is 10.4 Å². The van der Waals surface area contributed by atoms with E-state index in [2.05, 4.69) is 28.9 Å². The van der Waals surface area contributed by atoms with Crippen LogP contribution >= 0.6 is 34.5 Å². The number of piperazine rings is 1. The molecule has 25 heavy (non-hydrogen) atoms. The summed E-state index contributed by atoms with van der Waals surface area (Å²) in [7, 11) is -3.67. The van der Waals surface area contributed by atoms with Gasteiger partial charge >= 0.3 is 0 Å². The molecule has 1 fully saturated rings. The average molecular weight is 421 g/mol. The second-order valence-electron chi connectivity index (χ2n) is 6.02. The predicted octanol–water partition coefficient (Wildman–Crippen LogP) is 3.48. The Morgan fingerprint density at radius 3 is 2.40 bits per heavy atom. The second-order valence-corrected chi connectivity index (χ2v) is 9.70. The molecule has 1 saturated heterocycles. The van der Waals surface area contributed by atoms with Crippen molar-refractivity contribution in [2.75, 3.05) is 31.1 Å². The van der Waals surface area contributed by atoms with Crippen LogP contribution in [0.3, 0.4) is 0 Å². The van der Waals surface area contributed by atoms with Crippen LogP contribution in [0.4, 0.5) is 5.13 Å². The van der Waals surface area contributed by atoms with E-state index in [0.717, 1.165) is 10.1 Å². The normalized spacial score (nSPS) is 16.6. The van der Waals surface area contributed by atoms with Crippen LogP contribution in [0, 0.1) is 0 Å². The van der Waals surface area contributed by atoms with Crippen molar-refractivity contribution >= 4 is 49.7 Å². The summed E-state index contributed by atoms with van der Waals surface area (Å²) in [6, 6.07) is 4.64. The fourth-order valence-electron chi connectivity index (χ4n) is 2.53. The van der Waals surface area contributed by atoms with Gasteiger partial charge in [-0.15, -0.1) is 10.2 Å². The molecule has 1 aliphatic rings. The summed E-state index contributed by atoms with van der Waals surface area (Å²) >= 11 is 13.6. The summed E-state index contributed by atoms with van der Waals surface area (Å²) in [6.45, 7) is 5.99. The lowest BCUT2D eigenvalue weighted by Gasteiger charge is -2.33. The Kier molecular flexibility index (Phi) is 5.55. The number of sulfonamides is 1. The molecule has 0 saturated carbocycles. The summed E-state index contributed by atoms with van der Waals surface area (Å²) in [6.07, 6.45) is 0. The maximum absolute atomic E-state index is 12.8. The Labute approximate surface area is 161 Å². The summed E-state index contributed by atoms with van der Waals surface area (Å²) in [5.74, 6) is 0.331. The van der Waals surface area contributed by atoms with Crippen molar-refractivity contribution in [2.24, 2.45) is 0 Å². The molecular weight excluding hydrogens is 403 g/mol. The average Bonchev–Trinajstić information content (AvgIpc) is 3.07. The molecule has 0 N–H and O–H groups in total. The van der Waals surface area contributed by atoms with Crippen molar-refractivity contribution < 1.29 is 8.42 Å². The van der Waals surface area contributed by atoms with Gasteiger partial charge in [0.15, 0.2) is 0 Å². The van der Waals surface area contributed by atoms with Gasteiger partial charge in [0.25, 0.3) is 0 Å². The van der Waals surface area contributed by atoms with Crippen molar-refractivity contribution in [3.8, 4) is 0 Å². The molecule has 10 heteroatoms. The molecule has 0 atom stereocenters. The first-order valence-corrected chi connectivity index (χ1v) is 10.8. The number of nitrogens with zero attached hydrogens (tertiary/aromatic N) is 4. The minimum atomic E-state index is -3.67. The Morgan fingerprint density at radius 1 is 1.12 bits per heavy atom. The summed E-state index contributed by atoms with van der Waals surface area (Å²) < 4.78 is 27.1. The van der Waals surface area contributed by atoms with Crippen LogP contribution in [0.15, 0.2) is 23.1 Å². The van der Waals surface area contributed by atoms with Crippen molar-refractivity contribution in [3.05, 3.63) is 33.3 Å². The Hall–Kier alpha value is -0.930. The monoisotopic (exact) mass is 420 g/mol. The van der Waals surface area contributed by atoms with Gasteiger partial charge in [0.05, 0.1) is 10.0 Å². The van der Waals surface area contributed by atoms with Gasteiger partial charge in [-0.2, -0.15) is 4.31 Å². The third kappa shape index (κ3) is 3.78. The minimum absolute atomic E-state index is 0.0492. The summed E-state index contributed by atoms with van der Waals surface area (Å²) in [5, 5.41) is 10.5. The van der Waals surface area contributed by atoms with Crippen LogP contribution < -0.4 is 4.90 Å². The molecule has 3 rings (SSSR count). The summed E-state index contributed by atoms with van der Waals surface area (Å²) in [5.41, 5.74) is 0. The molecular formula is C15H18Cl2N4O2S2. The quantitative estimate of drug-likeness (QED) is 0.756. The number of hydrogen-bond acceptors (Lipinski definition) is 6. The predicted molar refractivity (Wildman–Crippen MR) is 101 cm³/mol. The van der Waals surface area contributed by atoms with Crippen molar-refractivity contribution in [1.82, 2.24) is 14.5 Å². The number of hydrogen-bond donors (Lipinski definition) is 0. The van der Waals surface area contributed by atoms with Crippen molar-refractivity contribution in [3.63, 3.8) is 0 Å². The van der Waals surface area contributed by atoms with Gasteiger partial charge in [0, 0.05) is 32.1 Å². The van der Waals surface area contributed by atoms with E-state index in [1.807, 2.05) is 0 Å². The first kappa shape index (κ1) is 18.8. The number of anilines is 1. The highest BCUT2D eigenvalue weighted by molar-refractivity contribution is 7.89. The zero-order valence-corrected chi connectivity index (χ0v) is 17.0. The minimum Gasteiger partial charge on any atom is -0.344 e. The van der Waals surface area contributed by atoms with Gasteiger partial charge in [0.1, 0.15) is 9.90 Å². The van der Waals surface area contributed by atoms with Crippen LogP contribution in [0.1, 0.15) is 24.8 Å². The van der Waals surface area contributed by atoms with Crippen LogP contribution in [0.2, 0.25) is 10.0 Å². The van der Waals surface area contributed by atoms with E-state index < -0.39 is 10.0 Å². The van der Waals surface area contributed by atoms with Crippen LogP contribution in [-0.4, -0.2) is 49.1 Å². The van der Waals surface area contributed by atoms with E-state index >= 15 is 0 Å². The SMILES string of the molecule is CC(C)c1nnc(N2CCN(S(=O)(=O)c3cccc(Cl)c3Cl)CC2)s1. The molecule has 0 unspecified atom stereocenters. The van der Waals surface area contributed by atoms with Crippen molar-refractivity contribution in [1.29, 1.82) is 0 Å². The van der Waals surface area contributed by atoms with E-state index in [4.69, 9.17) is 23.2 Å². The second kappa shape index (κ2) is 7.36. The molecule has 2 aromatic rings. The summed E-state index contributed by atoms with van der Waals surface area (Å²) in [4.78, 5) is 2.11. The van der Waals surface area contributed by atoms with E-state index in [-0.39, 0.29) is 14.9 Å². The Morgan fingerprint density at radius 2 is 1.80 bits per heavy atom. The van der Waals surface area contributed by atoms with Gasteiger partial charge < -0.3 is 4.90 Å². The third-order valence-electron chi connectivity index (χ3n) is 3.97. The zero-order chi connectivity index (χ0) is 18.2. The molecule has 0 amide bonds. The van der Waals surface area contributed by atoms with Crippen LogP contribution in [0.5, 0.6) is 0 Å². The number of rotatable bonds is 4. The molecule has 1 aliphatic heterocycles. The smallest absolute Gasteiger partial charge is 0.244 e. The zero-order valence-electron chi connectivity index (χ0n) is 13.8. The number of benzene rings is 1. The van der Waals surface area contributed by atoms with Gasteiger partial charge in [-0.25, -0.2) is 8.42 Å². The molecule has 136 valence electrons. The number of halogens is 2. The maximum Gasteiger partial charge on any atom is 0.244 e. The van der Waals surface area contributed by atoms with E-state index in [0.29, 0.717) is 32.1 Å². The van der Waals surface area contributed by atoms with Crippen LogP contribution in [0.25, 0.3) is 0 Å². The molecule has 0 spiro atoms. The molecule has 6 nitrogen and oxygen atoms in total. The highest BCUT2D eigenvalue weighted by atomic mass is 35.5. The lowest BCUT2D eigenvalue weighted by atomic mass is 10.2. The molecule has 0 aliphatic carbocycles. The molecule has 1 aromatic carbocycles. The van der Waals surface area contributed by atoms with Gasteiger partial charge in [-0.1, -0.05) is 54.5 Å². The topological polar surface area (TPSA) is 66.4 Å².